The number of halogens is 2. The van der Waals surface area contributed by atoms with E-state index in [4.69, 9.17) is 16.0 Å². The summed E-state index contributed by atoms with van der Waals surface area (Å²) >= 11 is 5.70. The number of carbonyl (C=O) groups is 1. The van der Waals surface area contributed by atoms with Crippen LogP contribution >= 0.6 is 11.6 Å². The highest BCUT2D eigenvalue weighted by Crippen LogP contribution is 2.25. The SMILES string of the molecule is O=C(/C=C/c1ccc(-c2ccccc2F)o1)c1ccc(O)c(CCCl)c1. The third-order valence-electron chi connectivity index (χ3n) is 3.89. The summed E-state index contributed by atoms with van der Waals surface area (Å²) < 4.78 is 19.4. The maximum atomic E-state index is 13.8. The van der Waals surface area contributed by atoms with Gasteiger partial charge in [-0.3, -0.25) is 4.79 Å². The minimum Gasteiger partial charge on any atom is -0.508 e. The summed E-state index contributed by atoms with van der Waals surface area (Å²) in [6.07, 6.45) is 3.38. The van der Waals surface area contributed by atoms with E-state index in [1.54, 1.807) is 42.5 Å². The van der Waals surface area contributed by atoms with Gasteiger partial charge in [-0.25, -0.2) is 4.39 Å². The van der Waals surface area contributed by atoms with Crippen LogP contribution in [0.15, 0.2) is 65.1 Å². The normalized spacial score (nSPS) is 11.2. The third kappa shape index (κ3) is 4.03. The standard InChI is InChI=1S/C21H16ClFO3/c22-12-11-15-13-14(5-8-19(15)24)20(25)9-6-16-7-10-21(26-16)17-3-1-2-4-18(17)23/h1-10,13,24H,11-12H2/b9-6+. The number of ketones is 1. The molecule has 26 heavy (non-hydrogen) atoms. The molecule has 132 valence electrons. The summed E-state index contributed by atoms with van der Waals surface area (Å²) in [6, 6.07) is 14.3. The fraction of sp³-hybridized carbons (Fsp3) is 0.0952. The van der Waals surface area contributed by atoms with Crippen LogP contribution in [0.25, 0.3) is 17.4 Å². The van der Waals surface area contributed by atoms with E-state index in [1.807, 2.05) is 0 Å². The second kappa shape index (κ2) is 8.02. The lowest BCUT2D eigenvalue weighted by Gasteiger charge is -2.04. The quantitative estimate of drug-likeness (QED) is 0.355. The van der Waals surface area contributed by atoms with Gasteiger partial charge in [-0.2, -0.15) is 0 Å². The lowest BCUT2D eigenvalue weighted by molar-refractivity contribution is 0.104. The average Bonchev–Trinajstić information content (AvgIpc) is 3.11. The molecule has 0 radical (unpaired) electrons. The predicted octanol–water partition coefficient (Wildman–Crippen LogP) is 5.47. The zero-order valence-electron chi connectivity index (χ0n) is 13.8. The minimum absolute atomic E-state index is 0.117. The number of aryl methyl sites for hydroxylation is 1. The summed E-state index contributed by atoms with van der Waals surface area (Å²) in [6.45, 7) is 0. The second-order valence-corrected chi connectivity index (χ2v) is 6.04. The fourth-order valence-electron chi connectivity index (χ4n) is 2.54. The fourth-order valence-corrected chi connectivity index (χ4v) is 2.75. The van der Waals surface area contributed by atoms with Crippen molar-refractivity contribution in [2.75, 3.05) is 5.88 Å². The molecule has 3 rings (SSSR count). The number of phenols is 1. The Labute approximate surface area is 155 Å². The summed E-state index contributed by atoms with van der Waals surface area (Å²) in [4.78, 5) is 12.3. The average molecular weight is 371 g/mol. The Bertz CT molecular complexity index is 959. The molecule has 0 fully saturated rings. The first kappa shape index (κ1) is 18.0. The Morgan fingerprint density at radius 2 is 1.96 bits per heavy atom. The molecule has 0 spiro atoms. The summed E-state index contributed by atoms with van der Waals surface area (Å²) in [7, 11) is 0. The molecule has 1 aromatic heterocycles. The maximum Gasteiger partial charge on any atom is 0.185 e. The molecule has 1 heterocycles. The summed E-state index contributed by atoms with van der Waals surface area (Å²) in [5, 5.41) is 9.76. The highest BCUT2D eigenvalue weighted by molar-refractivity contribution is 6.18. The molecule has 0 saturated heterocycles. The van der Waals surface area contributed by atoms with Crippen LogP contribution in [0.4, 0.5) is 4.39 Å². The Kier molecular flexibility index (Phi) is 5.54. The number of hydrogen-bond acceptors (Lipinski definition) is 3. The monoisotopic (exact) mass is 370 g/mol. The van der Waals surface area contributed by atoms with E-state index in [0.717, 1.165) is 0 Å². The molecule has 1 N–H and O–H groups in total. The van der Waals surface area contributed by atoms with Gasteiger partial charge in [0.15, 0.2) is 5.78 Å². The van der Waals surface area contributed by atoms with Crippen molar-refractivity contribution >= 4 is 23.5 Å². The summed E-state index contributed by atoms with van der Waals surface area (Å²) in [5.41, 5.74) is 1.43. The Hall–Kier alpha value is -2.85. The van der Waals surface area contributed by atoms with Crippen molar-refractivity contribution in [3.05, 3.63) is 83.4 Å². The van der Waals surface area contributed by atoms with Gasteiger partial charge in [0.2, 0.25) is 0 Å². The number of rotatable bonds is 6. The van der Waals surface area contributed by atoms with Gasteiger partial charge in [-0.15, -0.1) is 11.6 Å². The number of alkyl halides is 1. The first-order valence-electron chi connectivity index (χ1n) is 8.03. The van der Waals surface area contributed by atoms with Gasteiger partial charge in [-0.05, 0) is 66.6 Å². The van der Waals surface area contributed by atoms with Crippen molar-refractivity contribution in [3.63, 3.8) is 0 Å². The third-order valence-corrected chi connectivity index (χ3v) is 4.08. The van der Waals surface area contributed by atoms with E-state index in [0.29, 0.717) is 40.5 Å². The molecule has 0 unspecified atom stereocenters. The first-order valence-corrected chi connectivity index (χ1v) is 8.57. The lowest BCUT2D eigenvalue weighted by atomic mass is 10.0. The first-order chi connectivity index (χ1) is 12.6. The van der Waals surface area contributed by atoms with Gasteiger partial charge < -0.3 is 9.52 Å². The van der Waals surface area contributed by atoms with Gasteiger partial charge in [0.25, 0.3) is 0 Å². The second-order valence-electron chi connectivity index (χ2n) is 5.66. The van der Waals surface area contributed by atoms with Crippen molar-refractivity contribution in [1.29, 1.82) is 0 Å². The number of phenolic OH excluding ortho intramolecular Hbond substituents is 1. The van der Waals surface area contributed by atoms with E-state index < -0.39 is 0 Å². The van der Waals surface area contributed by atoms with Crippen LogP contribution in [-0.4, -0.2) is 16.8 Å². The van der Waals surface area contributed by atoms with Crippen molar-refractivity contribution in [2.45, 2.75) is 6.42 Å². The molecule has 0 atom stereocenters. The van der Waals surface area contributed by atoms with Crippen molar-refractivity contribution in [1.82, 2.24) is 0 Å². The van der Waals surface area contributed by atoms with Crippen LogP contribution in [0, 0.1) is 5.82 Å². The van der Waals surface area contributed by atoms with E-state index in [2.05, 4.69) is 0 Å². The zero-order valence-corrected chi connectivity index (χ0v) is 14.5. The lowest BCUT2D eigenvalue weighted by Crippen LogP contribution is -1.97. The molecule has 0 aliphatic rings. The van der Waals surface area contributed by atoms with Gasteiger partial charge in [-0.1, -0.05) is 12.1 Å². The number of furan rings is 1. The van der Waals surface area contributed by atoms with Crippen LogP contribution in [0.3, 0.4) is 0 Å². The number of carbonyl (C=O) groups excluding carboxylic acids is 1. The largest absolute Gasteiger partial charge is 0.508 e. The van der Waals surface area contributed by atoms with Crippen LogP contribution in [0.5, 0.6) is 5.75 Å². The van der Waals surface area contributed by atoms with E-state index in [-0.39, 0.29) is 17.3 Å². The molecular weight excluding hydrogens is 355 g/mol. The van der Waals surface area contributed by atoms with E-state index in [9.17, 15) is 14.3 Å². The number of benzene rings is 2. The van der Waals surface area contributed by atoms with Crippen molar-refractivity contribution in [2.24, 2.45) is 0 Å². The molecule has 0 aliphatic heterocycles. The molecule has 0 saturated carbocycles. The minimum atomic E-state index is -0.371. The zero-order chi connectivity index (χ0) is 18.5. The van der Waals surface area contributed by atoms with Crippen molar-refractivity contribution in [3.8, 4) is 17.1 Å². The Morgan fingerprint density at radius 3 is 2.73 bits per heavy atom. The summed E-state index contributed by atoms with van der Waals surface area (Å²) in [5.74, 6) is 0.702. The molecule has 3 nitrogen and oxygen atoms in total. The number of allylic oxidation sites excluding steroid dienone is 1. The molecule has 2 aromatic carbocycles. The topological polar surface area (TPSA) is 50.4 Å². The Balaban J connectivity index is 1.77. The molecule has 0 bridgehead atoms. The van der Waals surface area contributed by atoms with Crippen LogP contribution < -0.4 is 0 Å². The van der Waals surface area contributed by atoms with Gasteiger partial charge in [0.1, 0.15) is 23.1 Å². The molecular formula is C21H16ClFO3. The van der Waals surface area contributed by atoms with E-state index >= 15 is 0 Å². The van der Waals surface area contributed by atoms with Gasteiger partial charge in [0, 0.05) is 11.4 Å². The van der Waals surface area contributed by atoms with Crippen LogP contribution in [0.2, 0.25) is 0 Å². The molecule has 3 aromatic rings. The maximum absolute atomic E-state index is 13.8. The smallest absolute Gasteiger partial charge is 0.185 e. The highest BCUT2D eigenvalue weighted by Gasteiger charge is 2.09. The van der Waals surface area contributed by atoms with Gasteiger partial charge >= 0.3 is 0 Å². The van der Waals surface area contributed by atoms with Gasteiger partial charge in [0.05, 0.1) is 5.56 Å². The number of aromatic hydroxyl groups is 1. The highest BCUT2D eigenvalue weighted by atomic mass is 35.5. The van der Waals surface area contributed by atoms with Crippen LogP contribution in [0.1, 0.15) is 21.7 Å². The van der Waals surface area contributed by atoms with E-state index in [1.165, 1.54) is 24.3 Å². The van der Waals surface area contributed by atoms with Crippen LogP contribution in [-0.2, 0) is 6.42 Å². The molecule has 0 aliphatic carbocycles. The Morgan fingerprint density at radius 1 is 1.15 bits per heavy atom. The van der Waals surface area contributed by atoms with Crippen molar-refractivity contribution < 1.29 is 18.7 Å². The molecule has 0 amide bonds. The predicted molar refractivity (Wildman–Crippen MR) is 100.0 cm³/mol. The molecule has 5 heteroatoms. The number of hydrogen-bond donors (Lipinski definition) is 1.